The molecule has 0 amide bonds. The van der Waals surface area contributed by atoms with E-state index in [1.807, 2.05) is 38.1 Å². The molecule has 1 aromatic rings. The fraction of sp³-hybridized carbons (Fsp3) is 0.556. The highest BCUT2D eigenvalue weighted by Crippen LogP contribution is 2.15. The third kappa shape index (κ3) is 5.90. The van der Waals surface area contributed by atoms with E-state index in [0.29, 0.717) is 6.42 Å². The molecule has 0 aliphatic carbocycles. The Morgan fingerprint density at radius 1 is 0.923 bits per heavy atom. The van der Waals surface area contributed by atoms with Crippen LogP contribution in [0.4, 0.5) is 0 Å². The van der Waals surface area contributed by atoms with Gasteiger partial charge in [0.25, 0.3) is 0 Å². The summed E-state index contributed by atoms with van der Waals surface area (Å²) >= 11 is 0. The summed E-state index contributed by atoms with van der Waals surface area (Å²) in [5.41, 5.74) is 1.93. The van der Waals surface area contributed by atoms with Crippen LogP contribution in [0, 0.1) is 6.92 Å². The zero-order valence-electron chi connectivity index (χ0n) is 15.5. The van der Waals surface area contributed by atoms with Crippen LogP contribution in [0.15, 0.2) is 29.7 Å². The molecule has 1 saturated heterocycles. The molecule has 0 unspecified atom stereocenters. The molecule has 1 fully saturated rings. The van der Waals surface area contributed by atoms with Crippen molar-refractivity contribution in [3.8, 4) is 0 Å². The molecule has 1 heterocycles. The van der Waals surface area contributed by atoms with Crippen LogP contribution in [-0.4, -0.2) is 57.4 Å². The molecule has 0 spiro atoms. The Kier molecular flexibility index (Phi) is 7.40. The van der Waals surface area contributed by atoms with Crippen LogP contribution in [0.1, 0.15) is 37.3 Å². The van der Waals surface area contributed by atoms with E-state index in [-0.39, 0.29) is 31.9 Å². The summed E-state index contributed by atoms with van der Waals surface area (Å²) in [4.78, 5) is 0. The highest BCUT2D eigenvalue weighted by atomic mass is 32.2. The summed E-state index contributed by atoms with van der Waals surface area (Å²) in [6, 6.07) is 7.58. The van der Waals surface area contributed by atoms with Gasteiger partial charge in [0.15, 0.2) is 0 Å². The van der Waals surface area contributed by atoms with Crippen LogP contribution in [0.3, 0.4) is 0 Å². The minimum Gasteiger partial charge on any atom is -0.212 e. The van der Waals surface area contributed by atoms with Gasteiger partial charge >= 0.3 is 0 Å². The van der Waals surface area contributed by atoms with Crippen molar-refractivity contribution in [2.45, 2.75) is 33.1 Å². The maximum atomic E-state index is 12.5. The zero-order valence-corrected chi connectivity index (χ0v) is 17.1. The monoisotopic (exact) mass is 400 g/mol. The summed E-state index contributed by atoms with van der Waals surface area (Å²) < 4.78 is 52.3. The summed E-state index contributed by atoms with van der Waals surface area (Å²) in [6.45, 7) is 4.81. The standard InChI is InChI=1S/C18H28N2O4S2/c1-3-4-5-15-25(21,22)19-11-13-20(14-12-19)26(23,24)16-10-18-8-6-17(2)7-9-18/h6-10,16H,3-5,11-15H2,1-2H3/b16-10+. The minimum atomic E-state index is -3.55. The van der Waals surface area contributed by atoms with Gasteiger partial charge in [-0.15, -0.1) is 0 Å². The molecule has 0 N–H and O–H groups in total. The third-order valence-corrected chi connectivity index (χ3v) is 7.99. The van der Waals surface area contributed by atoms with Crippen LogP contribution < -0.4 is 0 Å². The summed E-state index contributed by atoms with van der Waals surface area (Å²) in [6.07, 6.45) is 4.07. The molecule has 1 aliphatic rings. The van der Waals surface area contributed by atoms with Gasteiger partial charge < -0.3 is 0 Å². The first-order chi connectivity index (χ1) is 12.2. The third-order valence-electron chi connectivity index (χ3n) is 4.47. The van der Waals surface area contributed by atoms with Gasteiger partial charge in [-0.2, -0.15) is 8.61 Å². The summed E-state index contributed by atoms with van der Waals surface area (Å²) in [7, 11) is -6.84. The van der Waals surface area contributed by atoms with Crippen molar-refractivity contribution in [2.24, 2.45) is 0 Å². The zero-order chi connectivity index (χ0) is 19.2. The highest BCUT2D eigenvalue weighted by molar-refractivity contribution is 7.92. The van der Waals surface area contributed by atoms with Crippen LogP contribution in [-0.2, 0) is 20.0 Å². The molecule has 1 aromatic carbocycles. The van der Waals surface area contributed by atoms with Gasteiger partial charge in [0.2, 0.25) is 20.0 Å². The molecular formula is C18H28N2O4S2. The van der Waals surface area contributed by atoms with Crippen molar-refractivity contribution >= 4 is 26.1 Å². The van der Waals surface area contributed by atoms with Crippen molar-refractivity contribution in [3.63, 3.8) is 0 Å². The number of hydrogen-bond acceptors (Lipinski definition) is 4. The number of nitrogens with zero attached hydrogens (tertiary/aromatic N) is 2. The van der Waals surface area contributed by atoms with Crippen molar-refractivity contribution in [1.29, 1.82) is 0 Å². The SMILES string of the molecule is CCCCCS(=O)(=O)N1CCN(S(=O)(=O)/C=C/c2ccc(C)cc2)CC1. The minimum absolute atomic E-state index is 0.140. The van der Waals surface area contributed by atoms with Gasteiger partial charge in [-0.1, -0.05) is 49.6 Å². The van der Waals surface area contributed by atoms with Crippen molar-refractivity contribution < 1.29 is 16.8 Å². The van der Waals surface area contributed by atoms with Crippen LogP contribution >= 0.6 is 0 Å². The van der Waals surface area contributed by atoms with Gasteiger partial charge in [0.1, 0.15) is 0 Å². The molecule has 2 rings (SSSR count). The van der Waals surface area contributed by atoms with E-state index in [2.05, 4.69) is 0 Å². The number of rotatable bonds is 8. The molecule has 0 aromatic heterocycles. The molecule has 8 heteroatoms. The lowest BCUT2D eigenvalue weighted by Crippen LogP contribution is -2.50. The lowest BCUT2D eigenvalue weighted by atomic mass is 10.2. The van der Waals surface area contributed by atoms with E-state index >= 15 is 0 Å². The summed E-state index contributed by atoms with van der Waals surface area (Å²) in [5, 5.41) is 1.20. The first-order valence-electron chi connectivity index (χ1n) is 8.97. The summed E-state index contributed by atoms with van der Waals surface area (Å²) in [5.74, 6) is 0.140. The largest absolute Gasteiger partial charge is 0.236 e. The average Bonchev–Trinajstić information content (AvgIpc) is 2.61. The second kappa shape index (κ2) is 9.12. The number of hydrogen-bond donors (Lipinski definition) is 0. The predicted octanol–water partition coefficient (Wildman–Crippen LogP) is 2.43. The molecular weight excluding hydrogens is 372 g/mol. The Labute approximate surface area is 157 Å². The Bertz CT molecular complexity index is 807. The Morgan fingerprint density at radius 2 is 1.50 bits per heavy atom. The number of benzene rings is 1. The van der Waals surface area contributed by atoms with Crippen molar-refractivity contribution in [1.82, 2.24) is 8.61 Å². The predicted molar refractivity (Wildman–Crippen MR) is 106 cm³/mol. The Morgan fingerprint density at radius 3 is 2.08 bits per heavy atom. The Hall–Kier alpha value is -1.22. The first-order valence-corrected chi connectivity index (χ1v) is 12.1. The molecule has 146 valence electrons. The first kappa shape index (κ1) is 21.1. The topological polar surface area (TPSA) is 74.8 Å². The fourth-order valence-corrected chi connectivity index (χ4v) is 5.51. The van der Waals surface area contributed by atoms with Crippen molar-refractivity contribution in [2.75, 3.05) is 31.9 Å². The van der Waals surface area contributed by atoms with Crippen LogP contribution in [0.2, 0.25) is 0 Å². The van der Waals surface area contributed by atoms with Crippen molar-refractivity contribution in [3.05, 3.63) is 40.8 Å². The fourth-order valence-electron chi connectivity index (χ4n) is 2.79. The maximum Gasteiger partial charge on any atom is 0.236 e. The van der Waals surface area contributed by atoms with E-state index in [1.165, 1.54) is 14.0 Å². The smallest absolute Gasteiger partial charge is 0.212 e. The van der Waals surface area contributed by atoms with Gasteiger partial charge in [0.05, 0.1) is 5.75 Å². The average molecular weight is 401 g/mol. The van der Waals surface area contributed by atoms with Gasteiger partial charge in [0, 0.05) is 31.6 Å². The number of unbranched alkanes of at least 4 members (excludes halogenated alkanes) is 2. The molecule has 26 heavy (non-hydrogen) atoms. The molecule has 1 aliphatic heterocycles. The number of piperazine rings is 1. The van der Waals surface area contributed by atoms with Gasteiger partial charge in [-0.25, -0.2) is 16.8 Å². The maximum absolute atomic E-state index is 12.5. The lowest BCUT2D eigenvalue weighted by Gasteiger charge is -2.32. The Balaban J connectivity index is 1.94. The van der Waals surface area contributed by atoms with E-state index in [0.717, 1.165) is 24.0 Å². The molecule has 0 bridgehead atoms. The second-order valence-electron chi connectivity index (χ2n) is 6.58. The van der Waals surface area contributed by atoms with E-state index in [4.69, 9.17) is 0 Å². The number of sulfonamides is 2. The van der Waals surface area contributed by atoms with Crippen LogP contribution in [0.5, 0.6) is 0 Å². The molecule has 0 atom stereocenters. The van der Waals surface area contributed by atoms with Gasteiger partial charge in [-0.05, 0) is 25.0 Å². The molecule has 6 nitrogen and oxygen atoms in total. The van der Waals surface area contributed by atoms with Crippen LogP contribution in [0.25, 0.3) is 6.08 Å². The van der Waals surface area contributed by atoms with Gasteiger partial charge in [-0.3, -0.25) is 0 Å². The molecule has 0 radical (unpaired) electrons. The quantitative estimate of drug-likeness (QED) is 0.628. The number of aryl methyl sites for hydroxylation is 1. The lowest BCUT2D eigenvalue weighted by molar-refractivity contribution is 0.274. The van der Waals surface area contributed by atoms with E-state index in [1.54, 1.807) is 6.08 Å². The molecule has 0 saturated carbocycles. The van der Waals surface area contributed by atoms with E-state index < -0.39 is 20.0 Å². The normalized spacial score (nSPS) is 17.8. The van der Waals surface area contributed by atoms with E-state index in [9.17, 15) is 16.8 Å². The highest BCUT2D eigenvalue weighted by Gasteiger charge is 2.30. The second-order valence-corrected chi connectivity index (χ2v) is 10.5.